The van der Waals surface area contributed by atoms with Crippen molar-refractivity contribution in [2.45, 2.75) is 38.1 Å². The molecule has 2 fully saturated rings. The zero-order chi connectivity index (χ0) is 19.3. The number of nitrogens with zero attached hydrogens (tertiary/aromatic N) is 4. The number of rotatable bonds is 4. The van der Waals surface area contributed by atoms with Gasteiger partial charge in [-0.3, -0.25) is 9.59 Å². The van der Waals surface area contributed by atoms with Crippen molar-refractivity contribution in [1.82, 2.24) is 20.2 Å². The van der Waals surface area contributed by atoms with Crippen LogP contribution in [-0.2, 0) is 0 Å². The lowest BCUT2D eigenvalue weighted by atomic mass is 9.95. The lowest BCUT2D eigenvalue weighted by Crippen LogP contribution is -2.49. The monoisotopic (exact) mass is 383 g/mol. The molecule has 1 aliphatic carbocycles. The highest BCUT2D eigenvalue weighted by Gasteiger charge is 2.25. The Hall–Kier alpha value is -2.90. The van der Waals surface area contributed by atoms with Gasteiger partial charge >= 0.3 is 0 Å². The van der Waals surface area contributed by atoms with Gasteiger partial charge in [-0.15, -0.1) is 0 Å². The number of carbonyl (C=O) groups is 2. The lowest BCUT2D eigenvalue weighted by molar-refractivity contribution is 0.0714. The fraction of sp³-hybridized carbons (Fsp3) is 0.500. The first-order valence-corrected chi connectivity index (χ1v) is 9.91. The van der Waals surface area contributed by atoms with Crippen molar-refractivity contribution in [3.05, 3.63) is 42.1 Å². The van der Waals surface area contributed by atoms with E-state index in [-0.39, 0.29) is 17.9 Å². The van der Waals surface area contributed by atoms with Crippen molar-refractivity contribution in [3.63, 3.8) is 0 Å². The van der Waals surface area contributed by atoms with Crippen molar-refractivity contribution in [3.8, 4) is 0 Å². The van der Waals surface area contributed by atoms with Gasteiger partial charge in [0.25, 0.3) is 11.8 Å². The molecule has 2 aromatic heterocycles. The smallest absolute Gasteiger partial charge is 0.289 e. The second kappa shape index (κ2) is 8.41. The third-order valence-corrected chi connectivity index (χ3v) is 5.42. The van der Waals surface area contributed by atoms with E-state index in [1.807, 2.05) is 4.90 Å². The molecule has 148 valence electrons. The largest absolute Gasteiger partial charge is 0.459 e. The van der Waals surface area contributed by atoms with Crippen LogP contribution >= 0.6 is 0 Å². The Bertz CT molecular complexity index is 792. The first-order chi connectivity index (χ1) is 13.7. The average Bonchev–Trinajstić information content (AvgIpc) is 3.29. The summed E-state index contributed by atoms with van der Waals surface area (Å²) in [5.74, 6) is 0.741. The summed E-state index contributed by atoms with van der Waals surface area (Å²) in [6, 6.07) is 3.65. The second-order valence-corrected chi connectivity index (χ2v) is 7.34. The van der Waals surface area contributed by atoms with Crippen LogP contribution in [0.25, 0.3) is 0 Å². The maximum atomic E-state index is 12.4. The molecule has 2 aliphatic rings. The van der Waals surface area contributed by atoms with Crippen LogP contribution in [0.5, 0.6) is 0 Å². The summed E-state index contributed by atoms with van der Waals surface area (Å²) >= 11 is 0. The second-order valence-electron chi connectivity index (χ2n) is 7.34. The Morgan fingerprint density at radius 1 is 1.04 bits per heavy atom. The molecule has 1 saturated heterocycles. The molecule has 8 heteroatoms. The zero-order valence-corrected chi connectivity index (χ0v) is 15.8. The Kier molecular flexibility index (Phi) is 5.55. The minimum atomic E-state index is -0.104. The van der Waals surface area contributed by atoms with Crippen LogP contribution in [-0.4, -0.2) is 58.9 Å². The van der Waals surface area contributed by atoms with Crippen LogP contribution in [0.3, 0.4) is 0 Å². The molecule has 4 rings (SSSR count). The van der Waals surface area contributed by atoms with Gasteiger partial charge in [-0.2, -0.15) is 0 Å². The third-order valence-electron chi connectivity index (χ3n) is 5.42. The molecule has 28 heavy (non-hydrogen) atoms. The summed E-state index contributed by atoms with van der Waals surface area (Å²) in [5.41, 5.74) is 0.487. The van der Waals surface area contributed by atoms with Crippen LogP contribution < -0.4 is 10.2 Å². The SMILES string of the molecule is O=C(NC1CCCCC1)c1cnc(N2CCN(C(=O)c3ccco3)CC2)nc1. The van der Waals surface area contributed by atoms with Crippen LogP contribution in [0.15, 0.2) is 35.2 Å². The molecule has 0 aromatic carbocycles. The highest BCUT2D eigenvalue weighted by Crippen LogP contribution is 2.18. The molecule has 8 nitrogen and oxygen atoms in total. The number of hydrogen-bond acceptors (Lipinski definition) is 6. The molecule has 1 saturated carbocycles. The number of amides is 2. The van der Waals surface area contributed by atoms with Crippen molar-refractivity contribution < 1.29 is 14.0 Å². The van der Waals surface area contributed by atoms with E-state index in [0.29, 0.717) is 43.5 Å². The van der Waals surface area contributed by atoms with Gasteiger partial charge in [0.2, 0.25) is 5.95 Å². The summed E-state index contributed by atoms with van der Waals surface area (Å²) in [4.78, 5) is 37.2. The summed E-state index contributed by atoms with van der Waals surface area (Å²) < 4.78 is 5.18. The fourth-order valence-corrected chi connectivity index (χ4v) is 3.78. The molecule has 2 amide bonds. The van der Waals surface area contributed by atoms with Crippen LogP contribution in [0, 0.1) is 0 Å². The van der Waals surface area contributed by atoms with Crippen LogP contribution in [0.1, 0.15) is 53.0 Å². The van der Waals surface area contributed by atoms with E-state index >= 15 is 0 Å². The first kappa shape index (κ1) is 18.5. The Balaban J connectivity index is 1.31. The highest BCUT2D eigenvalue weighted by molar-refractivity contribution is 5.94. The van der Waals surface area contributed by atoms with Gasteiger partial charge in [-0.05, 0) is 25.0 Å². The van der Waals surface area contributed by atoms with E-state index in [4.69, 9.17) is 4.42 Å². The number of piperazine rings is 1. The van der Waals surface area contributed by atoms with E-state index in [1.165, 1.54) is 25.5 Å². The predicted molar refractivity (Wildman–Crippen MR) is 103 cm³/mol. The van der Waals surface area contributed by atoms with Gasteiger partial charge in [0.05, 0.1) is 11.8 Å². The van der Waals surface area contributed by atoms with Crippen LogP contribution in [0.4, 0.5) is 5.95 Å². The summed E-state index contributed by atoms with van der Waals surface area (Å²) in [6.07, 6.45) is 10.4. The number of nitrogens with one attached hydrogen (secondary N) is 1. The highest BCUT2D eigenvalue weighted by atomic mass is 16.3. The summed E-state index contributed by atoms with van der Waals surface area (Å²) in [6.45, 7) is 2.43. The van der Waals surface area contributed by atoms with Crippen molar-refractivity contribution >= 4 is 17.8 Å². The van der Waals surface area contributed by atoms with Crippen LogP contribution in [0.2, 0.25) is 0 Å². The van der Waals surface area contributed by atoms with Gasteiger partial charge in [0, 0.05) is 44.6 Å². The average molecular weight is 383 g/mol. The quantitative estimate of drug-likeness (QED) is 0.869. The fourth-order valence-electron chi connectivity index (χ4n) is 3.78. The van der Waals surface area contributed by atoms with Crippen molar-refractivity contribution in [2.75, 3.05) is 31.1 Å². The predicted octanol–water partition coefficient (Wildman–Crippen LogP) is 2.09. The lowest BCUT2D eigenvalue weighted by Gasteiger charge is -2.34. The van der Waals surface area contributed by atoms with Gasteiger partial charge in [-0.1, -0.05) is 19.3 Å². The minimum Gasteiger partial charge on any atom is -0.459 e. The molecule has 3 heterocycles. The summed E-state index contributed by atoms with van der Waals surface area (Å²) in [7, 11) is 0. The number of furan rings is 1. The normalized spacial score (nSPS) is 18.1. The van der Waals surface area contributed by atoms with Crippen molar-refractivity contribution in [2.24, 2.45) is 0 Å². The van der Waals surface area contributed by atoms with Gasteiger partial charge in [0.15, 0.2) is 5.76 Å². The minimum absolute atomic E-state index is 0.0969. The zero-order valence-electron chi connectivity index (χ0n) is 15.8. The Morgan fingerprint density at radius 3 is 2.39 bits per heavy atom. The third kappa shape index (κ3) is 4.16. The van der Waals surface area contributed by atoms with E-state index in [9.17, 15) is 9.59 Å². The molecule has 0 bridgehead atoms. The van der Waals surface area contributed by atoms with E-state index < -0.39 is 0 Å². The maximum absolute atomic E-state index is 12.4. The Morgan fingerprint density at radius 2 is 1.75 bits per heavy atom. The number of anilines is 1. The summed E-state index contributed by atoms with van der Waals surface area (Å²) in [5, 5.41) is 3.08. The molecular weight excluding hydrogens is 358 g/mol. The van der Waals surface area contributed by atoms with E-state index in [1.54, 1.807) is 29.4 Å². The topological polar surface area (TPSA) is 91.6 Å². The molecule has 1 aliphatic heterocycles. The van der Waals surface area contributed by atoms with E-state index in [2.05, 4.69) is 15.3 Å². The van der Waals surface area contributed by atoms with Gasteiger partial charge < -0.3 is 19.5 Å². The molecule has 2 aromatic rings. The molecule has 0 atom stereocenters. The van der Waals surface area contributed by atoms with Gasteiger partial charge in [0.1, 0.15) is 0 Å². The molecule has 0 radical (unpaired) electrons. The number of aromatic nitrogens is 2. The molecule has 1 N–H and O–H groups in total. The number of hydrogen-bond donors (Lipinski definition) is 1. The molecule has 0 spiro atoms. The van der Waals surface area contributed by atoms with Gasteiger partial charge in [-0.25, -0.2) is 9.97 Å². The molecule has 0 unspecified atom stereocenters. The molecular formula is C20H25N5O3. The van der Waals surface area contributed by atoms with E-state index in [0.717, 1.165) is 12.8 Å². The first-order valence-electron chi connectivity index (χ1n) is 9.91. The standard InChI is InChI=1S/C20H25N5O3/c26-18(23-16-5-2-1-3-6-16)15-13-21-20(22-14-15)25-10-8-24(9-11-25)19(27)17-7-4-12-28-17/h4,7,12-14,16H,1-3,5-6,8-11H2,(H,23,26). The van der Waals surface area contributed by atoms with Crippen molar-refractivity contribution in [1.29, 1.82) is 0 Å². The number of carbonyl (C=O) groups excluding carboxylic acids is 2. The maximum Gasteiger partial charge on any atom is 0.289 e. The Labute approximate surface area is 163 Å².